The van der Waals surface area contributed by atoms with Gasteiger partial charge in [-0.1, -0.05) is 317 Å². The van der Waals surface area contributed by atoms with Gasteiger partial charge in [-0.3, -0.25) is 0 Å². The number of aromatic nitrogens is 2. The van der Waals surface area contributed by atoms with Gasteiger partial charge in [0.15, 0.2) is 0 Å². The van der Waals surface area contributed by atoms with Gasteiger partial charge >= 0.3 is 0 Å². The maximum atomic E-state index is 2.74. The zero-order chi connectivity index (χ0) is 75.2. The minimum absolute atomic E-state index is 0.204. The predicted molar refractivity (Wildman–Crippen MR) is 475 cm³/mol. The first-order chi connectivity index (χ1) is 54.0. The Bertz CT molecular complexity index is 6600. The smallest absolute Gasteiger partial charge is 0.252 e. The molecule has 2 aliphatic heterocycles. The van der Waals surface area contributed by atoms with E-state index in [0.717, 1.165) is 89.8 Å². The van der Waals surface area contributed by atoms with Crippen molar-refractivity contribution in [2.24, 2.45) is 0 Å². The zero-order valence-electron chi connectivity index (χ0n) is 64.4. The van der Waals surface area contributed by atoms with Crippen LogP contribution in [0, 0.1) is 0 Å². The fraction of sp³-hybridized carbons (Fsp3) is 0.113. The number of benzene rings is 16. The van der Waals surface area contributed by atoms with Gasteiger partial charge in [0.25, 0.3) is 6.71 Å². The summed E-state index contributed by atoms with van der Waals surface area (Å²) in [5, 5.41) is 7.33. The van der Waals surface area contributed by atoms with Gasteiger partial charge in [0, 0.05) is 77.9 Å². The number of hydrogen-bond donors (Lipinski definition) is 0. The molecule has 0 atom stereocenters. The summed E-state index contributed by atoms with van der Waals surface area (Å²) in [4.78, 5) is 5.48. The summed E-state index contributed by atoms with van der Waals surface area (Å²) in [5.74, 6) is 0. The highest BCUT2D eigenvalue weighted by molar-refractivity contribution is 7.00. The maximum absolute atomic E-state index is 2.74. The van der Waals surface area contributed by atoms with Crippen molar-refractivity contribution in [2.75, 3.05) is 9.80 Å². The van der Waals surface area contributed by atoms with E-state index in [4.69, 9.17) is 0 Å². The average molecular weight is 1430 g/mol. The van der Waals surface area contributed by atoms with E-state index < -0.39 is 0 Å². The molecule has 2 aromatic heterocycles. The van der Waals surface area contributed by atoms with E-state index in [-0.39, 0.29) is 23.0 Å². The number of hydrogen-bond acceptors (Lipinski definition) is 2. The normalized spacial score (nSPS) is 12.9. The molecule has 18 aromatic rings. The van der Waals surface area contributed by atoms with Crippen molar-refractivity contribution in [3.63, 3.8) is 0 Å². The minimum atomic E-state index is -0.348. The van der Waals surface area contributed by atoms with Crippen LogP contribution >= 0.6 is 0 Å². The molecule has 0 saturated carbocycles. The van der Waals surface area contributed by atoms with Gasteiger partial charge in [-0.15, -0.1) is 0 Å². The van der Waals surface area contributed by atoms with Gasteiger partial charge in [0.05, 0.1) is 33.4 Å². The highest BCUT2D eigenvalue weighted by Crippen LogP contribution is 2.56. The van der Waals surface area contributed by atoms with Crippen LogP contribution in [0.5, 0.6) is 0 Å². The Morgan fingerprint density at radius 3 is 0.991 bits per heavy atom. The van der Waals surface area contributed by atoms with E-state index in [0.29, 0.717) is 0 Å². The SMILES string of the molecule is CC(C)(C)c1cc(-c2ccccc2)c(N2c3cc(-n4c5ccccc5c5cc(-c6ccccc6)ccc54)ccc3B3c4ccc(-n5c6ccccc6c6cc(-c7cccc8ccccc78)ccc65)cc4N(c4c(-c5ccccc5)cc(C(C)(C)C)cc4-c4ccccc4)c4cc(C(C)(C)C)cc2c43)c(-c2ccccc2)c1. The molecule has 0 saturated heterocycles. The third-order valence-electron chi connectivity index (χ3n) is 23.7. The molecule has 0 bridgehead atoms. The Morgan fingerprint density at radius 2 is 0.568 bits per heavy atom. The van der Waals surface area contributed by atoms with Crippen LogP contribution in [0.2, 0.25) is 0 Å². The van der Waals surface area contributed by atoms with E-state index in [1.165, 1.54) is 110 Å². The molecule has 0 radical (unpaired) electrons. The lowest BCUT2D eigenvalue weighted by molar-refractivity contribution is 0.590. The van der Waals surface area contributed by atoms with Crippen molar-refractivity contribution >= 4 is 112 Å². The number of anilines is 6. The minimum Gasteiger partial charge on any atom is -0.310 e. The molecule has 20 rings (SSSR count). The van der Waals surface area contributed by atoms with Crippen molar-refractivity contribution < 1.29 is 0 Å². The largest absolute Gasteiger partial charge is 0.310 e. The van der Waals surface area contributed by atoms with Crippen LogP contribution in [0.4, 0.5) is 34.1 Å². The average Bonchev–Trinajstić information content (AvgIpc) is 1.56. The first-order valence-electron chi connectivity index (χ1n) is 39.2. The molecule has 0 N–H and O–H groups in total. The molecule has 0 unspecified atom stereocenters. The number of rotatable bonds is 10. The van der Waals surface area contributed by atoms with Crippen LogP contribution in [-0.2, 0) is 16.2 Å². The van der Waals surface area contributed by atoms with Gasteiger partial charge in [-0.25, -0.2) is 0 Å². The molecule has 0 aliphatic carbocycles. The molecule has 0 spiro atoms. The van der Waals surface area contributed by atoms with Crippen LogP contribution in [0.1, 0.15) is 79.0 Å². The van der Waals surface area contributed by atoms with Gasteiger partial charge in [-0.2, -0.15) is 0 Å². The standard InChI is InChI=1S/C106H85BN4/c1-104(2,3)76-60-85(70-34-17-11-18-35-70)102(86(61-76)71-36-19-12-20-37-71)110-97-66-79(108-93-48-29-27-45-83(93)89-58-74(50-56-95(89)108)68-32-15-10-16-33-68)52-54-91(97)107-92-55-53-80(109-94-49-30-28-46-84(94)90-59-75(51-57-96(90)109)82-47-31-43-69-42-25-26-44-81(69)82)67-98(92)111(100-65-78(106(7,8)9)64-99(110)101(100)107)103-87(72-38-21-13-22-39-72)62-77(105(4,5)6)63-88(103)73-40-23-14-24-41-73/h10-67H,1-9H3. The molecule has 4 nitrogen and oxygen atoms in total. The Hall–Kier alpha value is -13.0. The van der Waals surface area contributed by atoms with Crippen LogP contribution in [0.25, 0.3) is 133 Å². The quantitative estimate of drug-likeness (QED) is 0.127. The Kier molecular flexibility index (Phi) is 15.7. The van der Waals surface area contributed by atoms with Gasteiger partial charge in [-0.05, 0) is 202 Å². The number of nitrogens with zero attached hydrogens (tertiary/aromatic N) is 4. The third kappa shape index (κ3) is 11.2. The predicted octanol–water partition coefficient (Wildman–Crippen LogP) is 27.0. The second-order valence-corrected chi connectivity index (χ2v) is 33.6. The highest BCUT2D eigenvalue weighted by atomic mass is 15.2. The molecule has 2 aliphatic rings. The monoisotopic (exact) mass is 1420 g/mol. The second kappa shape index (κ2) is 25.9. The summed E-state index contributed by atoms with van der Waals surface area (Å²) in [7, 11) is 0. The van der Waals surface area contributed by atoms with Gasteiger partial charge in [0.2, 0.25) is 0 Å². The molecule has 16 aromatic carbocycles. The fourth-order valence-corrected chi connectivity index (χ4v) is 18.1. The van der Waals surface area contributed by atoms with Crippen molar-refractivity contribution in [1.82, 2.24) is 9.13 Å². The molecule has 532 valence electrons. The van der Waals surface area contributed by atoms with Crippen LogP contribution in [0.3, 0.4) is 0 Å². The Labute approximate surface area is 651 Å². The summed E-state index contributed by atoms with van der Waals surface area (Å²) < 4.78 is 5.07. The van der Waals surface area contributed by atoms with E-state index >= 15 is 0 Å². The van der Waals surface area contributed by atoms with E-state index in [1.807, 2.05) is 0 Å². The van der Waals surface area contributed by atoms with Gasteiger partial charge < -0.3 is 18.9 Å². The van der Waals surface area contributed by atoms with Crippen LogP contribution in [0.15, 0.2) is 352 Å². The number of para-hydroxylation sites is 2. The van der Waals surface area contributed by atoms with E-state index in [9.17, 15) is 0 Å². The maximum Gasteiger partial charge on any atom is 0.252 e. The van der Waals surface area contributed by atoms with Crippen molar-refractivity contribution in [1.29, 1.82) is 0 Å². The molecule has 0 fully saturated rings. The Morgan fingerprint density at radius 1 is 0.225 bits per heavy atom. The zero-order valence-corrected chi connectivity index (χ0v) is 64.4. The summed E-state index contributed by atoms with van der Waals surface area (Å²) in [6, 6.07) is 134. The summed E-state index contributed by atoms with van der Waals surface area (Å²) in [6.45, 7) is 21.1. The topological polar surface area (TPSA) is 16.3 Å². The molecular formula is C106H85BN4. The molecule has 111 heavy (non-hydrogen) atoms. The number of fused-ring (bicyclic) bond motifs is 11. The van der Waals surface area contributed by atoms with E-state index in [2.05, 4.69) is 433 Å². The van der Waals surface area contributed by atoms with Crippen LogP contribution < -0.4 is 26.2 Å². The molecular weight excluding hydrogens is 1340 g/mol. The lowest BCUT2D eigenvalue weighted by Crippen LogP contribution is -2.61. The van der Waals surface area contributed by atoms with E-state index in [1.54, 1.807) is 0 Å². The molecule has 0 amide bonds. The first kappa shape index (κ1) is 67.4. The Balaban J connectivity index is 0.941. The lowest BCUT2D eigenvalue weighted by atomic mass is 9.33. The van der Waals surface area contributed by atoms with Crippen molar-refractivity contribution in [3.05, 3.63) is 369 Å². The van der Waals surface area contributed by atoms with Crippen molar-refractivity contribution in [2.45, 2.75) is 78.6 Å². The highest BCUT2D eigenvalue weighted by Gasteiger charge is 2.47. The summed E-state index contributed by atoms with van der Waals surface area (Å²) in [5.41, 5.74) is 34.4. The fourth-order valence-electron chi connectivity index (χ4n) is 18.1. The third-order valence-corrected chi connectivity index (χ3v) is 23.7. The second-order valence-electron chi connectivity index (χ2n) is 33.6. The molecule has 4 heterocycles. The van der Waals surface area contributed by atoms with Gasteiger partial charge in [0.1, 0.15) is 0 Å². The molecule has 5 heteroatoms. The first-order valence-corrected chi connectivity index (χ1v) is 39.2. The van der Waals surface area contributed by atoms with Crippen LogP contribution in [-0.4, -0.2) is 15.8 Å². The van der Waals surface area contributed by atoms with Crippen molar-refractivity contribution in [3.8, 4) is 78.1 Å². The summed E-state index contributed by atoms with van der Waals surface area (Å²) in [6.07, 6.45) is 0. The summed E-state index contributed by atoms with van der Waals surface area (Å²) >= 11 is 0. The lowest BCUT2D eigenvalue weighted by Gasteiger charge is -2.47.